The maximum absolute atomic E-state index is 5.63. The summed E-state index contributed by atoms with van der Waals surface area (Å²) in [5.41, 5.74) is 2.85. The zero-order chi connectivity index (χ0) is 18.8. The fourth-order valence-corrected chi connectivity index (χ4v) is 3.26. The zero-order valence-electron chi connectivity index (χ0n) is 15.3. The van der Waals surface area contributed by atoms with Crippen molar-refractivity contribution >= 4 is 11.6 Å². The molecule has 1 N–H and O–H groups in total. The molecule has 7 nitrogen and oxygen atoms in total. The number of fused-ring (bicyclic) bond motifs is 1. The number of nitrogens with zero attached hydrogens (tertiary/aromatic N) is 3. The van der Waals surface area contributed by atoms with E-state index in [9.17, 15) is 0 Å². The Kier molecular flexibility index (Phi) is 4.42. The van der Waals surface area contributed by atoms with Gasteiger partial charge in [-0.3, -0.25) is 0 Å². The van der Waals surface area contributed by atoms with E-state index in [-0.39, 0.29) is 6.04 Å². The van der Waals surface area contributed by atoms with Crippen LogP contribution in [0.4, 0.5) is 5.95 Å². The van der Waals surface area contributed by atoms with Crippen molar-refractivity contribution in [2.75, 3.05) is 26.6 Å². The van der Waals surface area contributed by atoms with Gasteiger partial charge in [-0.05, 0) is 24.3 Å². The average Bonchev–Trinajstić information content (AvgIpc) is 3.21. The van der Waals surface area contributed by atoms with Crippen molar-refractivity contribution < 1.29 is 14.2 Å². The first-order chi connectivity index (χ1) is 13.2. The fourth-order valence-electron chi connectivity index (χ4n) is 3.26. The fraction of sp³-hybridized carbons (Fsp3) is 0.200. The number of rotatable bonds is 5. The van der Waals surface area contributed by atoms with E-state index in [1.54, 1.807) is 21.3 Å². The average molecular weight is 364 g/mol. The molecule has 2 aromatic carbocycles. The Hall–Kier alpha value is -3.48. The van der Waals surface area contributed by atoms with Gasteiger partial charge in [-0.15, -0.1) is 0 Å². The van der Waals surface area contributed by atoms with Crippen LogP contribution in [0.1, 0.15) is 17.2 Å². The van der Waals surface area contributed by atoms with Crippen LogP contribution in [0.15, 0.2) is 54.9 Å². The first kappa shape index (κ1) is 17.0. The van der Waals surface area contributed by atoms with Crippen molar-refractivity contribution in [3.8, 4) is 17.2 Å². The van der Waals surface area contributed by atoms with Crippen molar-refractivity contribution in [3.63, 3.8) is 0 Å². The number of ether oxygens (including phenoxy) is 3. The Morgan fingerprint density at radius 2 is 1.85 bits per heavy atom. The number of hydrogen-bond donors (Lipinski definition) is 1. The summed E-state index contributed by atoms with van der Waals surface area (Å²) in [4.78, 5) is 4.35. The molecule has 0 amide bonds. The molecule has 1 aliphatic heterocycles. The highest BCUT2D eigenvalue weighted by Gasteiger charge is 2.27. The van der Waals surface area contributed by atoms with E-state index in [4.69, 9.17) is 14.2 Å². The van der Waals surface area contributed by atoms with Crippen LogP contribution in [0.2, 0.25) is 0 Å². The third kappa shape index (κ3) is 2.97. The number of aromatic nitrogens is 3. The number of allylic oxidation sites excluding steroid dienone is 1. The van der Waals surface area contributed by atoms with Gasteiger partial charge < -0.3 is 19.5 Å². The van der Waals surface area contributed by atoms with Crippen LogP contribution in [-0.2, 0) is 0 Å². The van der Waals surface area contributed by atoms with Crippen LogP contribution in [0.3, 0.4) is 0 Å². The lowest BCUT2D eigenvalue weighted by molar-refractivity contribution is 0.349. The summed E-state index contributed by atoms with van der Waals surface area (Å²) in [6, 6.07) is 13.5. The lowest BCUT2D eigenvalue weighted by atomic mass is 10.0. The highest BCUT2D eigenvalue weighted by Crippen LogP contribution is 2.40. The molecule has 1 aliphatic rings. The van der Waals surface area contributed by atoms with Gasteiger partial charge in [0.25, 0.3) is 0 Å². The van der Waals surface area contributed by atoms with Crippen molar-refractivity contribution in [1.82, 2.24) is 14.8 Å². The quantitative estimate of drug-likeness (QED) is 0.749. The third-order valence-corrected chi connectivity index (χ3v) is 4.54. The molecular weight excluding hydrogens is 344 g/mol. The van der Waals surface area contributed by atoms with Gasteiger partial charge in [0, 0.05) is 16.8 Å². The largest absolute Gasteiger partial charge is 0.497 e. The lowest BCUT2D eigenvalue weighted by Gasteiger charge is -2.26. The van der Waals surface area contributed by atoms with Gasteiger partial charge >= 0.3 is 0 Å². The standard InChI is InChI=1S/C20H20N4O3/c1-25-14-7-4-6-13(10-14)16-11-17(24-20(23-16)21-12-22-24)15-8-5-9-18(26-2)19(15)27-3/h4-12,17H,1-3H3,(H,21,22,23)/t17-/m0/s1. The Bertz CT molecular complexity index is 996. The summed E-state index contributed by atoms with van der Waals surface area (Å²) in [6.07, 6.45) is 3.62. The number of hydrogen-bond acceptors (Lipinski definition) is 6. The van der Waals surface area contributed by atoms with Gasteiger partial charge in [-0.25, -0.2) is 4.68 Å². The van der Waals surface area contributed by atoms with Crippen molar-refractivity contribution in [3.05, 3.63) is 66.0 Å². The van der Waals surface area contributed by atoms with E-state index in [0.29, 0.717) is 17.4 Å². The van der Waals surface area contributed by atoms with Crippen LogP contribution < -0.4 is 19.5 Å². The molecule has 1 atom stereocenters. The molecular formula is C20H20N4O3. The van der Waals surface area contributed by atoms with Crippen molar-refractivity contribution in [2.24, 2.45) is 0 Å². The van der Waals surface area contributed by atoms with E-state index in [1.165, 1.54) is 6.33 Å². The molecule has 4 rings (SSSR count). The Morgan fingerprint density at radius 1 is 1.00 bits per heavy atom. The van der Waals surface area contributed by atoms with E-state index in [1.807, 2.05) is 47.1 Å². The van der Waals surface area contributed by atoms with E-state index < -0.39 is 0 Å². The van der Waals surface area contributed by atoms with Crippen LogP contribution in [0.25, 0.3) is 5.70 Å². The van der Waals surface area contributed by atoms with Gasteiger partial charge in [0.1, 0.15) is 18.1 Å². The first-order valence-corrected chi connectivity index (χ1v) is 8.48. The number of benzene rings is 2. The van der Waals surface area contributed by atoms with Crippen LogP contribution in [-0.4, -0.2) is 36.1 Å². The molecule has 0 unspecified atom stereocenters. The summed E-state index contributed by atoms with van der Waals surface area (Å²) in [6.45, 7) is 0. The molecule has 0 aliphatic carbocycles. The highest BCUT2D eigenvalue weighted by molar-refractivity contribution is 5.78. The Labute approximate surface area is 157 Å². The minimum Gasteiger partial charge on any atom is -0.497 e. The molecule has 27 heavy (non-hydrogen) atoms. The van der Waals surface area contributed by atoms with Crippen LogP contribution in [0, 0.1) is 0 Å². The molecule has 0 spiro atoms. The second-order valence-electron chi connectivity index (χ2n) is 5.99. The van der Waals surface area contributed by atoms with Crippen LogP contribution >= 0.6 is 0 Å². The number of methoxy groups -OCH3 is 3. The van der Waals surface area contributed by atoms with Gasteiger partial charge in [-0.2, -0.15) is 10.1 Å². The molecule has 7 heteroatoms. The summed E-state index contributed by atoms with van der Waals surface area (Å²) in [7, 11) is 4.92. The molecule has 1 aromatic heterocycles. The predicted molar refractivity (Wildman–Crippen MR) is 102 cm³/mol. The van der Waals surface area contributed by atoms with Gasteiger partial charge in [0.2, 0.25) is 5.95 Å². The summed E-state index contributed by atoms with van der Waals surface area (Å²) in [5, 5.41) is 7.72. The van der Waals surface area contributed by atoms with Gasteiger partial charge in [0.15, 0.2) is 11.5 Å². The zero-order valence-corrected chi connectivity index (χ0v) is 15.3. The van der Waals surface area contributed by atoms with E-state index >= 15 is 0 Å². The SMILES string of the molecule is COc1cccc(C2=C[C@@H](c3cccc(OC)c3OC)n3ncnc3N2)c1. The molecule has 0 radical (unpaired) electrons. The topological polar surface area (TPSA) is 70.4 Å². The van der Waals surface area contributed by atoms with Gasteiger partial charge in [-0.1, -0.05) is 24.3 Å². The molecule has 0 bridgehead atoms. The molecule has 0 fully saturated rings. The second kappa shape index (κ2) is 7.03. The molecule has 2 heterocycles. The summed E-state index contributed by atoms with van der Waals surface area (Å²) < 4.78 is 18.3. The number of anilines is 1. The summed E-state index contributed by atoms with van der Waals surface area (Å²) >= 11 is 0. The predicted octanol–water partition coefficient (Wildman–Crippen LogP) is 3.36. The normalized spacial score (nSPS) is 15.4. The Balaban J connectivity index is 1.85. The number of nitrogens with one attached hydrogen (secondary N) is 1. The lowest BCUT2D eigenvalue weighted by Crippen LogP contribution is -2.20. The second-order valence-corrected chi connectivity index (χ2v) is 5.99. The molecule has 138 valence electrons. The molecule has 0 saturated heterocycles. The van der Waals surface area contributed by atoms with Crippen molar-refractivity contribution in [1.29, 1.82) is 0 Å². The third-order valence-electron chi connectivity index (χ3n) is 4.54. The van der Waals surface area contributed by atoms with E-state index in [2.05, 4.69) is 21.5 Å². The monoisotopic (exact) mass is 364 g/mol. The smallest absolute Gasteiger partial charge is 0.226 e. The summed E-state index contributed by atoms with van der Waals surface area (Å²) in [5.74, 6) is 2.80. The van der Waals surface area contributed by atoms with Crippen molar-refractivity contribution in [2.45, 2.75) is 6.04 Å². The maximum Gasteiger partial charge on any atom is 0.226 e. The minimum atomic E-state index is -0.199. The molecule has 3 aromatic rings. The van der Waals surface area contributed by atoms with Gasteiger partial charge in [0.05, 0.1) is 21.3 Å². The number of para-hydroxylation sites is 1. The minimum absolute atomic E-state index is 0.199. The highest BCUT2D eigenvalue weighted by atomic mass is 16.5. The van der Waals surface area contributed by atoms with Crippen LogP contribution in [0.5, 0.6) is 17.2 Å². The Morgan fingerprint density at radius 3 is 2.63 bits per heavy atom. The maximum atomic E-state index is 5.63. The molecule has 0 saturated carbocycles. The van der Waals surface area contributed by atoms with E-state index in [0.717, 1.165) is 22.6 Å². The first-order valence-electron chi connectivity index (χ1n) is 8.48.